The molecule has 140 valence electrons. The van der Waals surface area contributed by atoms with Gasteiger partial charge >= 0.3 is 0 Å². The number of aryl methyl sites for hydroxylation is 2. The number of carbonyl (C=O) groups excluding carboxylic acids is 1. The van der Waals surface area contributed by atoms with E-state index in [-0.39, 0.29) is 5.91 Å². The molecule has 1 amide bonds. The lowest BCUT2D eigenvalue weighted by molar-refractivity contribution is 0.0717. The van der Waals surface area contributed by atoms with Gasteiger partial charge in [0.25, 0.3) is 5.91 Å². The summed E-state index contributed by atoms with van der Waals surface area (Å²) in [6.07, 6.45) is 3.41. The van der Waals surface area contributed by atoms with Gasteiger partial charge in [-0.3, -0.25) is 4.79 Å². The molecule has 0 unspecified atom stereocenters. The SMILES string of the molecule is CCCCc1ccc(C(=O)N(Cc2ccccc2)Cc2ccc(C)o2)cc1. The molecule has 2 aromatic carbocycles. The van der Waals surface area contributed by atoms with Crippen LogP contribution in [0.1, 0.15) is 52.8 Å². The fourth-order valence-electron chi connectivity index (χ4n) is 3.14. The molecule has 0 radical (unpaired) electrons. The third-order valence-electron chi connectivity index (χ3n) is 4.67. The number of furan rings is 1. The molecule has 0 bridgehead atoms. The van der Waals surface area contributed by atoms with Crippen LogP contribution in [0.15, 0.2) is 71.1 Å². The maximum atomic E-state index is 13.2. The van der Waals surface area contributed by atoms with Gasteiger partial charge in [-0.05, 0) is 55.2 Å². The number of unbranched alkanes of at least 4 members (excludes halogenated alkanes) is 1. The number of amides is 1. The summed E-state index contributed by atoms with van der Waals surface area (Å²) in [5.41, 5.74) is 3.10. The highest BCUT2D eigenvalue weighted by Crippen LogP contribution is 2.17. The molecule has 0 atom stereocenters. The number of benzene rings is 2. The molecular weight excluding hydrogens is 334 g/mol. The zero-order chi connectivity index (χ0) is 19.1. The monoisotopic (exact) mass is 361 g/mol. The molecule has 0 saturated carbocycles. The molecule has 3 aromatic rings. The molecule has 27 heavy (non-hydrogen) atoms. The van der Waals surface area contributed by atoms with E-state index >= 15 is 0 Å². The zero-order valence-electron chi connectivity index (χ0n) is 16.2. The van der Waals surface area contributed by atoms with Crippen LogP contribution in [0.5, 0.6) is 0 Å². The second-order valence-electron chi connectivity index (χ2n) is 6.96. The van der Waals surface area contributed by atoms with Crippen molar-refractivity contribution < 1.29 is 9.21 Å². The van der Waals surface area contributed by atoms with Gasteiger partial charge in [0.05, 0.1) is 6.54 Å². The fraction of sp³-hybridized carbons (Fsp3) is 0.292. The maximum absolute atomic E-state index is 13.2. The normalized spacial score (nSPS) is 10.7. The summed E-state index contributed by atoms with van der Waals surface area (Å²) in [6.45, 7) is 5.12. The average molecular weight is 361 g/mol. The van der Waals surface area contributed by atoms with Crippen LogP contribution in [-0.2, 0) is 19.5 Å². The molecule has 0 aliphatic rings. The Bertz CT molecular complexity index is 850. The van der Waals surface area contributed by atoms with Crippen LogP contribution in [0.25, 0.3) is 0 Å². The maximum Gasteiger partial charge on any atom is 0.254 e. The van der Waals surface area contributed by atoms with E-state index in [9.17, 15) is 4.79 Å². The largest absolute Gasteiger partial charge is 0.464 e. The lowest BCUT2D eigenvalue weighted by atomic mass is 10.1. The van der Waals surface area contributed by atoms with Crippen molar-refractivity contribution >= 4 is 5.91 Å². The van der Waals surface area contributed by atoms with Crippen LogP contribution in [-0.4, -0.2) is 10.8 Å². The first-order valence-electron chi connectivity index (χ1n) is 9.63. The van der Waals surface area contributed by atoms with Crippen LogP contribution in [0.2, 0.25) is 0 Å². The van der Waals surface area contributed by atoms with E-state index in [0.29, 0.717) is 13.1 Å². The number of rotatable bonds is 8. The Hall–Kier alpha value is -2.81. The molecule has 0 spiro atoms. The van der Waals surface area contributed by atoms with E-state index in [4.69, 9.17) is 4.42 Å². The van der Waals surface area contributed by atoms with Gasteiger partial charge in [-0.1, -0.05) is 55.8 Å². The smallest absolute Gasteiger partial charge is 0.254 e. The summed E-state index contributed by atoms with van der Waals surface area (Å²) in [4.78, 5) is 15.0. The molecule has 0 fully saturated rings. The first-order valence-corrected chi connectivity index (χ1v) is 9.63. The number of nitrogens with zero attached hydrogens (tertiary/aromatic N) is 1. The first-order chi connectivity index (χ1) is 13.2. The Morgan fingerprint density at radius 2 is 1.63 bits per heavy atom. The highest BCUT2D eigenvalue weighted by molar-refractivity contribution is 5.94. The summed E-state index contributed by atoms with van der Waals surface area (Å²) in [7, 11) is 0. The van der Waals surface area contributed by atoms with Crippen LogP contribution in [0, 0.1) is 6.92 Å². The van der Waals surface area contributed by atoms with Crippen LogP contribution < -0.4 is 0 Å². The summed E-state index contributed by atoms with van der Waals surface area (Å²) < 4.78 is 5.71. The lowest BCUT2D eigenvalue weighted by Crippen LogP contribution is -2.30. The minimum absolute atomic E-state index is 0.0231. The van der Waals surface area contributed by atoms with E-state index in [1.54, 1.807) is 0 Å². The van der Waals surface area contributed by atoms with E-state index < -0.39 is 0 Å². The van der Waals surface area contributed by atoms with Crippen molar-refractivity contribution in [1.29, 1.82) is 0 Å². The molecule has 1 aromatic heterocycles. The predicted molar refractivity (Wildman–Crippen MR) is 109 cm³/mol. The predicted octanol–water partition coefficient (Wildman–Crippen LogP) is 5.77. The Labute approximate surface area is 161 Å². The van der Waals surface area contributed by atoms with E-state index in [2.05, 4.69) is 19.1 Å². The molecule has 0 N–H and O–H groups in total. The van der Waals surface area contributed by atoms with E-state index in [1.807, 2.05) is 66.4 Å². The van der Waals surface area contributed by atoms with E-state index in [1.165, 1.54) is 18.4 Å². The molecule has 0 saturated heterocycles. The molecule has 3 nitrogen and oxygen atoms in total. The summed E-state index contributed by atoms with van der Waals surface area (Å²) >= 11 is 0. The van der Waals surface area contributed by atoms with Gasteiger partial charge in [0, 0.05) is 12.1 Å². The minimum Gasteiger partial charge on any atom is -0.464 e. The van der Waals surface area contributed by atoms with Crippen LogP contribution in [0.3, 0.4) is 0 Å². The van der Waals surface area contributed by atoms with Crippen molar-refractivity contribution in [2.75, 3.05) is 0 Å². The standard InChI is InChI=1S/C24H27NO2/c1-3-4-8-20-12-14-22(15-13-20)24(26)25(17-21-9-6-5-7-10-21)18-23-16-11-19(2)27-23/h5-7,9-16H,3-4,8,17-18H2,1-2H3. The van der Waals surface area contributed by atoms with E-state index in [0.717, 1.165) is 29.1 Å². The van der Waals surface area contributed by atoms with Crippen molar-refractivity contribution in [2.45, 2.75) is 46.2 Å². The Balaban J connectivity index is 1.78. The highest BCUT2D eigenvalue weighted by Gasteiger charge is 2.18. The minimum atomic E-state index is 0.0231. The van der Waals surface area contributed by atoms with Gasteiger partial charge in [-0.15, -0.1) is 0 Å². The quantitative estimate of drug-likeness (QED) is 0.510. The van der Waals surface area contributed by atoms with Crippen molar-refractivity contribution in [3.63, 3.8) is 0 Å². The molecule has 0 aliphatic heterocycles. The van der Waals surface area contributed by atoms with Gasteiger partial charge in [0.15, 0.2) is 0 Å². The van der Waals surface area contributed by atoms with Crippen molar-refractivity contribution in [3.8, 4) is 0 Å². The second-order valence-corrected chi connectivity index (χ2v) is 6.96. The molecule has 1 heterocycles. The number of hydrogen-bond donors (Lipinski definition) is 0. The van der Waals surface area contributed by atoms with Crippen LogP contribution in [0.4, 0.5) is 0 Å². The topological polar surface area (TPSA) is 33.5 Å². The van der Waals surface area contributed by atoms with Crippen LogP contribution >= 0.6 is 0 Å². The summed E-state index contributed by atoms with van der Waals surface area (Å²) in [5.74, 6) is 1.68. The number of hydrogen-bond acceptors (Lipinski definition) is 2. The molecular formula is C24H27NO2. The van der Waals surface area contributed by atoms with Gasteiger partial charge in [-0.25, -0.2) is 0 Å². The Kier molecular flexibility index (Phi) is 6.48. The summed E-state index contributed by atoms with van der Waals surface area (Å²) in [6, 6.07) is 22.0. The number of carbonyl (C=O) groups is 1. The van der Waals surface area contributed by atoms with Gasteiger partial charge in [-0.2, -0.15) is 0 Å². The zero-order valence-corrected chi connectivity index (χ0v) is 16.2. The summed E-state index contributed by atoms with van der Waals surface area (Å²) in [5, 5.41) is 0. The Morgan fingerprint density at radius 3 is 2.26 bits per heavy atom. The van der Waals surface area contributed by atoms with Gasteiger partial charge in [0.2, 0.25) is 0 Å². The average Bonchev–Trinajstić information content (AvgIpc) is 3.11. The van der Waals surface area contributed by atoms with Crippen molar-refractivity contribution in [2.24, 2.45) is 0 Å². The lowest BCUT2D eigenvalue weighted by Gasteiger charge is -2.22. The van der Waals surface area contributed by atoms with Crippen molar-refractivity contribution in [1.82, 2.24) is 4.90 Å². The van der Waals surface area contributed by atoms with Crippen molar-refractivity contribution in [3.05, 3.63) is 94.9 Å². The van der Waals surface area contributed by atoms with Gasteiger partial charge < -0.3 is 9.32 Å². The first kappa shape index (κ1) is 19.0. The molecule has 3 heteroatoms. The molecule has 3 rings (SSSR count). The highest BCUT2D eigenvalue weighted by atomic mass is 16.3. The molecule has 0 aliphatic carbocycles. The Morgan fingerprint density at radius 1 is 0.889 bits per heavy atom. The third-order valence-corrected chi connectivity index (χ3v) is 4.67. The van der Waals surface area contributed by atoms with Gasteiger partial charge in [0.1, 0.15) is 11.5 Å². The fourth-order valence-corrected chi connectivity index (χ4v) is 3.14. The second kappa shape index (κ2) is 9.22. The third kappa shape index (κ3) is 5.33.